The Morgan fingerprint density at radius 3 is 2.71 bits per heavy atom. The van der Waals surface area contributed by atoms with Gasteiger partial charge in [-0.25, -0.2) is 0 Å². The minimum atomic E-state index is -0.762. The molecular formula is C13H19NO3. The summed E-state index contributed by atoms with van der Waals surface area (Å²) in [6.45, 7) is 5.62. The number of methoxy groups -OCH3 is 1. The van der Waals surface area contributed by atoms with Gasteiger partial charge in [-0.05, 0) is 26.7 Å². The van der Waals surface area contributed by atoms with Crippen LogP contribution in [0.3, 0.4) is 0 Å². The molecule has 0 saturated heterocycles. The number of carboxylic acid groups (broad SMARTS) is 1. The maximum Gasteiger partial charge on any atom is 0.306 e. The highest BCUT2D eigenvalue weighted by molar-refractivity contribution is 5.69. The molecule has 94 valence electrons. The first-order valence-corrected chi connectivity index (χ1v) is 5.69. The molecule has 4 nitrogen and oxygen atoms in total. The van der Waals surface area contributed by atoms with E-state index in [9.17, 15) is 4.79 Å². The summed E-state index contributed by atoms with van der Waals surface area (Å²) >= 11 is 0. The smallest absolute Gasteiger partial charge is 0.306 e. The van der Waals surface area contributed by atoms with Crippen LogP contribution in [0.15, 0.2) is 6.20 Å². The Kier molecular flexibility index (Phi) is 4.49. The Balaban J connectivity index is 2.82. The summed E-state index contributed by atoms with van der Waals surface area (Å²) < 4.78 is 5.31. The van der Waals surface area contributed by atoms with Crippen molar-refractivity contribution in [1.82, 2.24) is 4.98 Å². The normalized spacial score (nSPS) is 12.2. The van der Waals surface area contributed by atoms with Gasteiger partial charge in [-0.1, -0.05) is 6.92 Å². The second-order valence-electron chi connectivity index (χ2n) is 4.32. The van der Waals surface area contributed by atoms with Gasteiger partial charge in [0, 0.05) is 23.0 Å². The van der Waals surface area contributed by atoms with E-state index < -0.39 is 5.97 Å². The van der Waals surface area contributed by atoms with E-state index in [4.69, 9.17) is 9.84 Å². The fraction of sp³-hybridized carbons (Fsp3) is 0.538. The standard InChI is InChI=1S/C13H19NO3/c1-8(13(15)16)5-6-11-10(3)12(17-4)9(2)7-14-11/h7-8H,5-6H2,1-4H3,(H,15,16). The molecule has 1 aromatic heterocycles. The van der Waals surface area contributed by atoms with Gasteiger partial charge in [0.25, 0.3) is 0 Å². The fourth-order valence-corrected chi connectivity index (χ4v) is 1.80. The molecule has 0 saturated carbocycles. The molecule has 1 aromatic rings. The summed E-state index contributed by atoms with van der Waals surface area (Å²) in [5, 5.41) is 8.83. The Hall–Kier alpha value is -1.58. The molecule has 0 aromatic carbocycles. The highest BCUT2D eigenvalue weighted by Gasteiger charge is 2.14. The minimum absolute atomic E-state index is 0.344. The minimum Gasteiger partial charge on any atom is -0.496 e. The number of aliphatic carboxylic acids is 1. The number of rotatable bonds is 5. The number of hydrogen-bond acceptors (Lipinski definition) is 3. The number of ether oxygens (including phenoxy) is 1. The van der Waals surface area contributed by atoms with Gasteiger partial charge in [-0.3, -0.25) is 9.78 Å². The lowest BCUT2D eigenvalue weighted by Crippen LogP contribution is -2.11. The molecule has 4 heteroatoms. The van der Waals surface area contributed by atoms with Gasteiger partial charge in [-0.15, -0.1) is 0 Å². The van der Waals surface area contributed by atoms with Crippen LogP contribution < -0.4 is 4.74 Å². The first kappa shape index (κ1) is 13.5. The van der Waals surface area contributed by atoms with Crippen molar-refractivity contribution in [1.29, 1.82) is 0 Å². The summed E-state index contributed by atoms with van der Waals surface area (Å²) in [4.78, 5) is 15.1. The molecule has 0 spiro atoms. The molecule has 0 aliphatic carbocycles. The second-order valence-corrected chi connectivity index (χ2v) is 4.32. The van der Waals surface area contributed by atoms with Gasteiger partial charge in [0.1, 0.15) is 5.75 Å². The highest BCUT2D eigenvalue weighted by Crippen LogP contribution is 2.25. The van der Waals surface area contributed by atoms with Crippen LogP contribution in [-0.4, -0.2) is 23.2 Å². The molecule has 0 radical (unpaired) electrons. The molecule has 1 N–H and O–H groups in total. The molecule has 0 aliphatic rings. The van der Waals surface area contributed by atoms with Crippen LogP contribution in [0.2, 0.25) is 0 Å². The van der Waals surface area contributed by atoms with Crippen LogP contribution in [0.25, 0.3) is 0 Å². The molecule has 1 heterocycles. The van der Waals surface area contributed by atoms with Crippen molar-refractivity contribution >= 4 is 5.97 Å². The number of aryl methyl sites for hydroxylation is 2. The number of pyridine rings is 1. The zero-order chi connectivity index (χ0) is 13.0. The van der Waals surface area contributed by atoms with Gasteiger partial charge < -0.3 is 9.84 Å². The maximum atomic E-state index is 10.7. The predicted octanol–water partition coefficient (Wildman–Crippen LogP) is 2.36. The molecule has 0 bridgehead atoms. The van der Waals surface area contributed by atoms with E-state index >= 15 is 0 Å². The van der Waals surface area contributed by atoms with E-state index in [2.05, 4.69) is 4.98 Å². The van der Waals surface area contributed by atoms with Gasteiger partial charge >= 0.3 is 5.97 Å². The zero-order valence-corrected chi connectivity index (χ0v) is 10.8. The van der Waals surface area contributed by atoms with Crippen molar-refractivity contribution in [3.8, 4) is 5.75 Å². The van der Waals surface area contributed by atoms with E-state index in [1.165, 1.54) is 0 Å². The van der Waals surface area contributed by atoms with E-state index in [1.54, 1.807) is 20.2 Å². The summed E-state index contributed by atoms with van der Waals surface area (Å²) in [6.07, 6.45) is 3.03. The van der Waals surface area contributed by atoms with Crippen LogP contribution in [0.4, 0.5) is 0 Å². The third-order valence-electron chi connectivity index (χ3n) is 2.99. The van der Waals surface area contributed by atoms with Crippen molar-refractivity contribution < 1.29 is 14.6 Å². The van der Waals surface area contributed by atoms with Crippen molar-refractivity contribution in [2.75, 3.05) is 7.11 Å². The van der Waals surface area contributed by atoms with Crippen molar-refractivity contribution in [3.05, 3.63) is 23.0 Å². The highest BCUT2D eigenvalue weighted by atomic mass is 16.5. The molecule has 0 amide bonds. The Morgan fingerprint density at radius 1 is 1.53 bits per heavy atom. The summed E-state index contributed by atoms with van der Waals surface area (Å²) in [7, 11) is 1.64. The Bertz CT molecular complexity index is 415. The monoisotopic (exact) mass is 237 g/mol. The van der Waals surface area contributed by atoms with Crippen molar-refractivity contribution in [2.24, 2.45) is 5.92 Å². The van der Waals surface area contributed by atoms with Crippen molar-refractivity contribution in [2.45, 2.75) is 33.6 Å². The van der Waals surface area contributed by atoms with Crippen LogP contribution in [-0.2, 0) is 11.2 Å². The average molecular weight is 237 g/mol. The van der Waals surface area contributed by atoms with Crippen LogP contribution in [0.1, 0.15) is 30.2 Å². The molecular weight excluding hydrogens is 218 g/mol. The summed E-state index contributed by atoms with van der Waals surface area (Å²) in [5.41, 5.74) is 2.92. The molecule has 1 unspecified atom stereocenters. The Labute approximate surface area is 102 Å². The first-order chi connectivity index (χ1) is 7.97. The lowest BCUT2D eigenvalue weighted by Gasteiger charge is -2.13. The largest absolute Gasteiger partial charge is 0.496 e. The number of aromatic nitrogens is 1. The van der Waals surface area contributed by atoms with Gasteiger partial charge in [0.2, 0.25) is 0 Å². The quantitative estimate of drug-likeness (QED) is 0.854. The zero-order valence-electron chi connectivity index (χ0n) is 10.8. The topological polar surface area (TPSA) is 59.4 Å². The number of carboxylic acids is 1. The third kappa shape index (κ3) is 3.19. The molecule has 0 aliphatic heterocycles. The van der Waals surface area contributed by atoms with Crippen molar-refractivity contribution in [3.63, 3.8) is 0 Å². The van der Waals surface area contributed by atoms with E-state index in [0.717, 1.165) is 22.6 Å². The lowest BCUT2D eigenvalue weighted by molar-refractivity contribution is -0.141. The maximum absolute atomic E-state index is 10.7. The van der Waals surface area contributed by atoms with Gasteiger partial charge in [0.05, 0.1) is 13.0 Å². The van der Waals surface area contributed by atoms with Crippen LogP contribution in [0.5, 0.6) is 5.75 Å². The molecule has 17 heavy (non-hydrogen) atoms. The lowest BCUT2D eigenvalue weighted by atomic mass is 10.0. The van der Waals surface area contributed by atoms with Crippen LogP contribution in [0, 0.1) is 19.8 Å². The fourth-order valence-electron chi connectivity index (χ4n) is 1.80. The van der Waals surface area contributed by atoms with Gasteiger partial charge in [-0.2, -0.15) is 0 Å². The Morgan fingerprint density at radius 2 is 2.18 bits per heavy atom. The number of nitrogens with zero attached hydrogens (tertiary/aromatic N) is 1. The van der Waals surface area contributed by atoms with E-state index in [0.29, 0.717) is 12.8 Å². The van der Waals surface area contributed by atoms with E-state index in [-0.39, 0.29) is 5.92 Å². The van der Waals surface area contributed by atoms with Gasteiger partial charge in [0.15, 0.2) is 0 Å². The predicted molar refractivity (Wildman–Crippen MR) is 65.4 cm³/mol. The molecule has 1 atom stereocenters. The number of carbonyl (C=O) groups is 1. The molecule has 0 fully saturated rings. The first-order valence-electron chi connectivity index (χ1n) is 5.69. The molecule has 1 rings (SSSR count). The SMILES string of the molecule is COc1c(C)cnc(CCC(C)C(=O)O)c1C. The van der Waals surface area contributed by atoms with Crippen LogP contribution >= 0.6 is 0 Å². The average Bonchev–Trinajstić information content (AvgIpc) is 2.28. The summed E-state index contributed by atoms with van der Waals surface area (Å²) in [6, 6.07) is 0. The van der Waals surface area contributed by atoms with E-state index in [1.807, 2.05) is 13.8 Å². The summed E-state index contributed by atoms with van der Waals surface area (Å²) in [5.74, 6) is -0.261. The second kappa shape index (κ2) is 5.66. The third-order valence-corrected chi connectivity index (χ3v) is 2.99. The number of hydrogen-bond donors (Lipinski definition) is 1.